The summed E-state index contributed by atoms with van der Waals surface area (Å²) in [6, 6.07) is 3.07. The Hall–Kier alpha value is -1.01. The molecule has 0 amide bonds. The summed E-state index contributed by atoms with van der Waals surface area (Å²) in [5.41, 5.74) is 1.27. The topological polar surface area (TPSA) is 35.8 Å². The van der Waals surface area contributed by atoms with E-state index in [2.05, 4.69) is 68.9 Å². The third kappa shape index (κ3) is 4.54. The van der Waals surface area contributed by atoms with Crippen LogP contribution in [0.15, 0.2) is 21.7 Å². The van der Waals surface area contributed by atoms with Crippen molar-refractivity contribution >= 4 is 21.9 Å². The van der Waals surface area contributed by atoms with Crippen LogP contribution in [-0.2, 0) is 13.6 Å². The molecule has 0 radical (unpaired) electrons. The van der Waals surface area contributed by atoms with Gasteiger partial charge in [0.2, 0.25) is 0 Å². The van der Waals surface area contributed by atoms with Crippen molar-refractivity contribution in [3.05, 3.63) is 22.4 Å². The Morgan fingerprint density at radius 2 is 2.21 bits per heavy atom. The molecule has 2 fully saturated rings. The molecule has 0 bridgehead atoms. The molecule has 1 aromatic heterocycles. The minimum Gasteiger partial charge on any atom is -0.357 e. The third-order valence-corrected chi connectivity index (χ3v) is 5.48. The second-order valence-electron chi connectivity index (χ2n) is 7.19. The Bertz CT molecular complexity index is 578. The number of likely N-dealkylation sites (tertiary alicyclic amines) is 1. The van der Waals surface area contributed by atoms with E-state index in [1.807, 2.05) is 0 Å². The molecule has 3 rings (SSSR count). The number of rotatable bonds is 6. The number of guanidine groups is 1. The standard InChI is InChI=1S/C18H30BrN5/c1-4-20-18(23(3)13-17-9-15(19)12-22(17)2)21-10-14-7-8-24(11-14)16-5-6-16/h9,12,14,16H,4-8,10-11,13H2,1-3H3,(H,20,21). The lowest BCUT2D eigenvalue weighted by Gasteiger charge is -2.23. The quantitative estimate of drug-likeness (QED) is 0.593. The van der Waals surface area contributed by atoms with Crippen LogP contribution in [0.2, 0.25) is 0 Å². The molecule has 5 nitrogen and oxygen atoms in total. The number of hydrogen-bond donors (Lipinski definition) is 1. The van der Waals surface area contributed by atoms with E-state index in [1.54, 1.807) is 0 Å². The van der Waals surface area contributed by atoms with Gasteiger partial charge in [-0.3, -0.25) is 4.99 Å². The molecule has 0 spiro atoms. The predicted molar refractivity (Wildman–Crippen MR) is 103 cm³/mol. The normalized spacial score (nSPS) is 22.2. The largest absolute Gasteiger partial charge is 0.357 e. The molecule has 1 aromatic rings. The maximum Gasteiger partial charge on any atom is 0.194 e. The lowest BCUT2D eigenvalue weighted by Crippen LogP contribution is -2.39. The highest BCUT2D eigenvalue weighted by atomic mass is 79.9. The van der Waals surface area contributed by atoms with Gasteiger partial charge in [0.05, 0.1) is 6.54 Å². The molecule has 134 valence electrons. The van der Waals surface area contributed by atoms with E-state index in [1.165, 1.54) is 38.0 Å². The van der Waals surface area contributed by atoms with Crippen LogP contribution in [0.5, 0.6) is 0 Å². The molecule has 6 heteroatoms. The average Bonchev–Trinajstić information content (AvgIpc) is 3.20. The van der Waals surface area contributed by atoms with Gasteiger partial charge in [-0.2, -0.15) is 0 Å². The van der Waals surface area contributed by atoms with Crippen molar-refractivity contribution in [3.63, 3.8) is 0 Å². The lowest BCUT2D eigenvalue weighted by atomic mass is 10.1. The van der Waals surface area contributed by atoms with Crippen LogP contribution in [0.25, 0.3) is 0 Å². The number of nitrogens with zero attached hydrogens (tertiary/aromatic N) is 4. The van der Waals surface area contributed by atoms with Crippen LogP contribution in [0.1, 0.15) is 31.9 Å². The molecule has 2 heterocycles. The zero-order valence-corrected chi connectivity index (χ0v) is 16.7. The summed E-state index contributed by atoms with van der Waals surface area (Å²) in [6.45, 7) is 7.34. The first kappa shape index (κ1) is 17.8. The van der Waals surface area contributed by atoms with Crippen molar-refractivity contribution in [2.24, 2.45) is 18.0 Å². The van der Waals surface area contributed by atoms with E-state index in [0.717, 1.165) is 42.0 Å². The molecule has 1 aliphatic heterocycles. The van der Waals surface area contributed by atoms with Crippen LogP contribution in [0, 0.1) is 5.92 Å². The Kier molecular flexibility index (Phi) is 5.87. The zero-order chi connectivity index (χ0) is 17.1. The highest BCUT2D eigenvalue weighted by Gasteiger charge is 2.34. The Morgan fingerprint density at radius 1 is 1.42 bits per heavy atom. The first-order valence-electron chi connectivity index (χ1n) is 9.11. The summed E-state index contributed by atoms with van der Waals surface area (Å²) < 4.78 is 3.29. The molecule has 1 N–H and O–H groups in total. The van der Waals surface area contributed by atoms with E-state index in [0.29, 0.717) is 0 Å². The SMILES string of the molecule is CCNC(=NCC1CCN(C2CC2)C1)N(C)Cc1cc(Br)cn1C. The molecule has 1 unspecified atom stereocenters. The number of aliphatic imine (C=N–C) groups is 1. The summed E-state index contributed by atoms with van der Waals surface area (Å²) in [5, 5.41) is 3.44. The number of aryl methyl sites for hydroxylation is 1. The summed E-state index contributed by atoms with van der Waals surface area (Å²) in [7, 11) is 4.20. The zero-order valence-electron chi connectivity index (χ0n) is 15.1. The monoisotopic (exact) mass is 395 g/mol. The fraction of sp³-hybridized carbons (Fsp3) is 0.722. The average molecular weight is 396 g/mol. The summed E-state index contributed by atoms with van der Waals surface area (Å²) in [6.07, 6.45) is 6.22. The fourth-order valence-electron chi connectivity index (χ4n) is 3.51. The van der Waals surface area contributed by atoms with Gasteiger partial charge in [0.25, 0.3) is 0 Å². The van der Waals surface area contributed by atoms with Crippen molar-refractivity contribution in [3.8, 4) is 0 Å². The van der Waals surface area contributed by atoms with E-state index < -0.39 is 0 Å². The van der Waals surface area contributed by atoms with Crippen molar-refractivity contribution in [1.29, 1.82) is 0 Å². The first-order valence-corrected chi connectivity index (χ1v) is 9.90. The van der Waals surface area contributed by atoms with Gasteiger partial charge in [0.15, 0.2) is 5.96 Å². The Labute approximate surface area is 154 Å². The highest BCUT2D eigenvalue weighted by Crippen LogP contribution is 2.31. The number of nitrogens with one attached hydrogen (secondary N) is 1. The van der Waals surface area contributed by atoms with Crippen molar-refractivity contribution in [1.82, 2.24) is 19.7 Å². The van der Waals surface area contributed by atoms with Gasteiger partial charge < -0.3 is 19.7 Å². The van der Waals surface area contributed by atoms with Gasteiger partial charge in [-0.05, 0) is 60.6 Å². The first-order chi connectivity index (χ1) is 11.6. The molecule has 2 aliphatic rings. The van der Waals surface area contributed by atoms with Crippen LogP contribution < -0.4 is 5.32 Å². The van der Waals surface area contributed by atoms with Crippen LogP contribution in [0.4, 0.5) is 0 Å². The molecular formula is C18H30BrN5. The van der Waals surface area contributed by atoms with Gasteiger partial charge in [-0.25, -0.2) is 0 Å². The number of aromatic nitrogens is 1. The van der Waals surface area contributed by atoms with E-state index in [9.17, 15) is 0 Å². The van der Waals surface area contributed by atoms with Crippen molar-refractivity contribution in [2.75, 3.05) is 33.2 Å². The van der Waals surface area contributed by atoms with Crippen LogP contribution >= 0.6 is 15.9 Å². The maximum absolute atomic E-state index is 4.93. The smallest absolute Gasteiger partial charge is 0.194 e. The number of hydrogen-bond acceptors (Lipinski definition) is 2. The minimum atomic E-state index is 0.719. The maximum atomic E-state index is 4.93. The van der Waals surface area contributed by atoms with Gasteiger partial charge >= 0.3 is 0 Å². The van der Waals surface area contributed by atoms with Crippen LogP contribution in [0.3, 0.4) is 0 Å². The van der Waals surface area contributed by atoms with Crippen molar-refractivity contribution < 1.29 is 0 Å². The molecular weight excluding hydrogens is 366 g/mol. The van der Waals surface area contributed by atoms with Gasteiger partial charge in [0, 0.05) is 56.1 Å². The molecule has 1 aliphatic carbocycles. The minimum absolute atomic E-state index is 0.719. The van der Waals surface area contributed by atoms with Crippen molar-refractivity contribution in [2.45, 2.75) is 38.8 Å². The summed E-state index contributed by atoms with van der Waals surface area (Å²) in [4.78, 5) is 9.81. The molecule has 1 saturated heterocycles. The predicted octanol–water partition coefficient (Wildman–Crippen LogP) is 2.67. The van der Waals surface area contributed by atoms with E-state index in [4.69, 9.17) is 4.99 Å². The fourth-order valence-corrected chi connectivity index (χ4v) is 4.08. The van der Waals surface area contributed by atoms with Gasteiger partial charge in [-0.15, -0.1) is 0 Å². The second-order valence-corrected chi connectivity index (χ2v) is 8.11. The molecule has 1 saturated carbocycles. The Morgan fingerprint density at radius 3 is 2.83 bits per heavy atom. The second kappa shape index (κ2) is 7.91. The number of halogens is 1. The highest BCUT2D eigenvalue weighted by molar-refractivity contribution is 9.10. The van der Waals surface area contributed by atoms with Gasteiger partial charge in [0.1, 0.15) is 0 Å². The molecule has 24 heavy (non-hydrogen) atoms. The van der Waals surface area contributed by atoms with E-state index >= 15 is 0 Å². The Balaban J connectivity index is 1.57. The van der Waals surface area contributed by atoms with E-state index in [-0.39, 0.29) is 0 Å². The molecule has 1 atom stereocenters. The van der Waals surface area contributed by atoms with Gasteiger partial charge in [-0.1, -0.05) is 0 Å². The van der Waals surface area contributed by atoms with Crippen LogP contribution in [-0.4, -0.2) is 59.6 Å². The lowest BCUT2D eigenvalue weighted by molar-refractivity contribution is 0.315. The molecule has 0 aromatic carbocycles. The third-order valence-electron chi connectivity index (χ3n) is 5.05. The summed E-state index contributed by atoms with van der Waals surface area (Å²) in [5.74, 6) is 1.73. The summed E-state index contributed by atoms with van der Waals surface area (Å²) >= 11 is 3.55.